The second kappa shape index (κ2) is 9.20. The zero-order valence-electron chi connectivity index (χ0n) is 17.4. The number of benzene rings is 2. The molecule has 0 aromatic heterocycles. The molecule has 1 saturated heterocycles. The van der Waals surface area contributed by atoms with E-state index >= 15 is 0 Å². The number of piperidine rings is 1. The van der Waals surface area contributed by atoms with E-state index in [1.165, 1.54) is 5.56 Å². The third-order valence-corrected chi connectivity index (χ3v) is 5.99. The summed E-state index contributed by atoms with van der Waals surface area (Å²) in [7, 11) is 0. The number of likely N-dealkylation sites (tertiary alicyclic amines) is 1. The van der Waals surface area contributed by atoms with Gasteiger partial charge in [0.25, 0.3) is 0 Å². The van der Waals surface area contributed by atoms with Gasteiger partial charge in [-0.25, -0.2) is 4.79 Å². The van der Waals surface area contributed by atoms with Gasteiger partial charge in [0.15, 0.2) is 11.9 Å². The molecule has 1 atom stereocenters. The second-order valence-corrected chi connectivity index (χ2v) is 7.86. The molecule has 0 saturated carbocycles. The monoisotopic (exact) mass is 407 g/mol. The van der Waals surface area contributed by atoms with Crippen LogP contribution in [0.5, 0.6) is 0 Å². The van der Waals surface area contributed by atoms with E-state index in [0.29, 0.717) is 32.5 Å². The summed E-state index contributed by atoms with van der Waals surface area (Å²) in [5, 5.41) is 3.44. The number of carbonyl (C=O) groups is 2. The maximum absolute atomic E-state index is 13.5. The van der Waals surface area contributed by atoms with E-state index in [9.17, 15) is 9.59 Å². The Hall–Kier alpha value is -3.02. The zero-order chi connectivity index (χ0) is 20.9. The van der Waals surface area contributed by atoms with Crippen molar-refractivity contribution in [1.82, 2.24) is 4.90 Å². The highest BCUT2D eigenvalue weighted by atomic mass is 16.6. The molecule has 2 aliphatic rings. The Morgan fingerprint density at radius 1 is 1.03 bits per heavy atom. The summed E-state index contributed by atoms with van der Waals surface area (Å²) in [5.41, 5.74) is 3.35. The number of ketones is 1. The van der Waals surface area contributed by atoms with Gasteiger partial charge in [0.1, 0.15) is 0 Å². The normalized spacial score (nSPS) is 18.6. The van der Waals surface area contributed by atoms with Gasteiger partial charge in [0.05, 0.1) is 18.0 Å². The van der Waals surface area contributed by atoms with Gasteiger partial charge in [0, 0.05) is 25.6 Å². The van der Waals surface area contributed by atoms with Crippen molar-refractivity contribution in [2.24, 2.45) is 5.92 Å². The minimum atomic E-state index is -0.356. The number of hydrogen-bond donors (Lipinski definition) is 1. The summed E-state index contributed by atoms with van der Waals surface area (Å²) in [5.74, 6) is 0.157. The lowest BCUT2D eigenvalue weighted by Crippen LogP contribution is -2.49. The zero-order valence-corrected chi connectivity index (χ0v) is 17.4. The van der Waals surface area contributed by atoms with Crippen LogP contribution in [0.15, 0.2) is 54.6 Å². The Morgan fingerprint density at radius 2 is 1.73 bits per heavy atom. The summed E-state index contributed by atoms with van der Waals surface area (Å²) in [6, 6.07) is 18.5. The Bertz CT molecular complexity index is 878. The lowest BCUT2D eigenvalue weighted by molar-refractivity contribution is -0.124. The molecule has 1 unspecified atom stereocenters. The van der Waals surface area contributed by atoms with Crippen LogP contribution in [0.1, 0.15) is 25.3 Å². The predicted octanol–water partition coefficient (Wildman–Crippen LogP) is 3.92. The molecule has 158 valence electrons. The molecular formula is C24H29N3O3. The first-order chi connectivity index (χ1) is 14.7. The molecule has 2 aromatic carbocycles. The molecule has 2 heterocycles. The number of para-hydroxylation sites is 2. The number of fused-ring (bicyclic) bond motifs is 1. The maximum Gasteiger partial charge on any atom is 0.409 e. The topological polar surface area (TPSA) is 61.9 Å². The smallest absolute Gasteiger partial charge is 0.409 e. The number of carbonyl (C=O) groups excluding carboxylic acids is 2. The Kier molecular flexibility index (Phi) is 6.21. The number of nitrogens with zero attached hydrogens (tertiary/aromatic N) is 2. The van der Waals surface area contributed by atoms with Crippen LogP contribution in [0.3, 0.4) is 0 Å². The van der Waals surface area contributed by atoms with Gasteiger partial charge in [0.2, 0.25) is 0 Å². The van der Waals surface area contributed by atoms with Crippen molar-refractivity contribution in [1.29, 1.82) is 0 Å². The Labute approximate surface area is 177 Å². The molecule has 2 aromatic rings. The van der Waals surface area contributed by atoms with E-state index in [-0.39, 0.29) is 24.0 Å². The van der Waals surface area contributed by atoms with Crippen molar-refractivity contribution in [2.45, 2.75) is 32.4 Å². The standard InChI is InChI=1S/C24H29N3O3/c1-2-30-24(29)26-15-13-19(14-16-26)22(28)23-25-20-10-6-7-11-21(20)27(23)17-12-18-8-4-3-5-9-18/h3-11,19,23,25H,2,12-17H2,1H3. The summed E-state index contributed by atoms with van der Waals surface area (Å²) < 4.78 is 5.09. The maximum atomic E-state index is 13.5. The first-order valence-electron chi connectivity index (χ1n) is 10.8. The number of amides is 1. The first kappa shape index (κ1) is 20.3. The van der Waals surface area contributed by atoms with Crippen LogP contribution in [0, 0.1) is 5.92 Å². The predicted molar refractivity (Wildman–Crippen MR) is 118 cm³/mol. The Morgan fingerprint density at radius 3 is 2.47 bits per heavy atom. The molecular weight excluding hydrogens is 378 g/mol. The van der Waals surface area contributed by atoms with Crippen molar-refractivity contribution in [2.75, 3.05) is 36.5 Å². The third kappa shape index (κ3) is 4.27. The minimum Gasteiger partial charge on any atom is -0.450 e. The quantitative estimate of drug-likeness (QED) is 0.786. The molecule has 0 aliphatic carbocycles. The third-order valence-electron chi connectivity index (χ3n) is 5.99. The van der Waals surface area contributed by atoms with E-state index in [4.69, 9.17) is 4.74 Å². The average molecular weight is 408 g/mol. The average Bonchev–Trinajstić information content (AvgIpc) is 3.17. The molecule has 2 aliphatic heterocycles. The van der Waals surface area contributed by atoms with Crippen molar-refractivity contribution in [3.8, 4) is 0 Å². The number of rotatable bonds is 6. The highest BCUT2D eigenvalue weighted by Gasteiger charge is 2.38. The lowest BCUT2D eigenvalue weighted by Gasteiger charge is -2.34. The van der Waals surface area contributed by atoms with Crippen LogP contribution in [-0.2, 0) is 16.0 Å². The van der Waals surface area contributed by atoms with Gasteiger partial charge in [-0.3, -0.25) is 4.79 Å². The van der Waals surface area contributed by atoms with Crippen molar-refractivity contribution in [3.05, 3.63) is 60.2 Å². The van der Waals surface area contributed by atoms with Crippen LogP contribution >= 0.6 is 0 Å². The lowest BCUT2D eigenvalue weighted by atomic mass is 9.91. The molecule has 0 spiro atoms. The highest BCUT2D eigenvalue weighted by Crippen LogP contribution is 2.36. The summed E-state index contributed by atoms with van der Waals surface area (Å²) in [4.78, 5) is 29.3. The molecule has 0 radical (unpaired) electrons. The van der Waals surface area contributed by atoms with Crippen LogP contribution in [-0.4, -0.2) is 49.2 Å². The van der Waals surface area contributed by atoms with Crippen molar-refractivity contribution < 1.29 is 14.3 Å². The number of Topliss-reactive ketones (excluding diaryl/α,β-unsaturated/α-hetero) is 1. The molecule has 1 N–H and O–H groups in total. The van der Waals surface area contributed by atoms with E-state index < -0.39 is 0 Å². The van der Waals surface area contributed by atoms with Crippen molar-refractivity contribution in [3.63, 3.8) is 0 Å². The van der Waals surface area contributed by atoms with Gasteiger partial charge in [-0.05, 0) is 43.9 Å². The number of ether oxygens (including phenoxy) is 1. The highest BCUT2D eigenvalue weighted by molar-refractivity contribution is 5.96. The Balaban J connectivity index is 1.44. The molecule has 0 bridgehead atoms. The molecule has 6 nitrogen and oxygen atoms in total. The van der Waals surface area contributed by atoms with Crippen LogP contribution in [0.25, 0.3) is 0 Å². The summed E-state index contributed by atoms with van der Waals surface area (Å²) in [6.07, 6.45) is 1.60. The molecule has 6 heteroatoms. The molecule has 1 amide bonds. The van der Waals surface area contributed by atoms with E-state index in [2.05, 4.69) is 28.4 Å². The first-order valence-corrected chi connectivity index (χ1v) is 10.8. The largest absolute Gasteiger partial charge is 0.450 e. The van der Waals surface area contributed by atoms with E-state index in [1.807, 2.05) is 43.3 Å². The fourth-order valence-electron chi connectivity index (χ4n) is 4.36. The van der Waals surface area contributed by atoms with Gasteiger partial charge in [-0.1, -0.05) is 42.5 Å². The number of anilines is 2. The number of nitrogens with one attached hydrogen (secondary N) is 1. The SMILES string of the molecule is CCOC(=O)N1CCC(C(=O)C2Nc3ccccc3N2CCc2ccccc2)CC1. The van der Waals surface area contributed by atoms with E-state index in [0.717, 1.165) is 24.3 Å². The van der Waals surface area contributed by atoms with E-state index in [1.54, 1.807) is 4.90 Å². The fraction of sp³-hybridized carbons (Fsp3) is 0.417. The fourth-order valence-corrected chi connectivity index (χ4v) is 4.36. The van der Waals surface area contributed by atoms with Crippen LogP contribution < -0.4 is 10.2 Å². The van der Waals surface area contributed by atoms with Gasteiger partial charge < -0.3 is 19.9 Å². The van der Waals surface area contributed by atoms with Crippen LogP contribution in [0.4, 0.5) is 16.2 Å². The minimum absolute atomic E-state index is 0.0540. The van der Waals surface area contributed by atoms with Crippen molar-refractivity contribution >= 4 is 23.3 Å². The summed E-state index contributed by atoms with van der Waals surface area (Å²) in [6.45, 7) is 4.09. The number of hydrogen-bond acceptors (Lipinski definition) is 5. The molecule has 30 heavy (non-hydrogen) atoms. The van der Waals surface area contributed by atoms with Gasteiger partial charge in [-0.2, -0.15) is 0 Å². The second-order valence-electron chi connectivity index (χ2n) is 7.86. The molecule has 4 rings (SSSR count). The van der Waals surface area contributed by atoms with Gasteiger partial charge >= 0.3 is 6.09 Å². The van der Waals surface area contributed by atoms with Crippen LogP contribution in [0.2, 0.25) is 0 Å². The molecule has 1 fully saturated rings. The summed E-state index contributed by atoms with van der Waals surface area (Å²) >= 11 is 0. The van der Waals surface area contributed by atoms with Gasteiger partial charge in [-0.15, -0.1) is 0 Å².